The maximum absolute atomic E-state index is 9.14. The van der Waals surface area contributed by atoms with Crippen molar-refractivity contribution < 1.29 is 0 Å². The predicted molar refractivity (Wildman–Crippen MR) is 77.9 cm³/mol. The number of anilines is 1. The summed E-state index contributed by atoms with van der Waals surface area (Å²) < 4.78 is 2.05. The second-order valence-electron chi connectivity index (χ2n) is 5.00. The monoisotopic (exact) mass is 253 g/mol. The van der Waals surface area contributed by atoms with E-state index in [0.29, 0.717) is 17.3 Å². The molecule has 1 heterocycles. The number of nitriles is 1. The Bertz CT molecular complexity index is 618. The Labute approximate surface area is 114 Å². The molecule has 0 spiro atoms. The summed E-state index contributed by atoms with van der Waals surface area (Å²) in [5.41, 5.74) is 10.0. The summed E-state index contributed by atoms with van der Waals surface area (Å²) in [5, 5.41) is 9.14. The molecule has 3 nitrogen and oxygen atoms in total. The van der Waals surface area contributed by atoms with E-state index in [9.17, 15) is 0 Å². The highest BCUT2D eigenvalue weighted by Gasteiger charge is 2.17. The van der Waals surface area contributed by atoms with Crippen molar-refractivity contribution in [3.05, 3.63) is 52.7 Å². The van der Waals surface area contributed by atoms with Crippen molar-refractivity contribution in [2.24, 2.45) is 0 Å². The summed E-state index contributed by atoms with van der Waals surface area (Å²) in [6.07, 6.45) is 0. The van der Waals surface area contributed by atoms with Crippen molar-refractivity contribution in [2.75, 3.05) is 5.73 Å². The van der Waals surface area contributed by atoms with Crippen LogP contribution in [0.4, 0.5) is 5.82 Å². The smallest absolute Gasteiger partial charge is 0.122 e. The van der Waals surface area contributed by atoms with Crippen LogP contribution in [0.2, 0.25) is 0 Å². The minimum absolute atomic E-state index is 0.362. The van der Waals surface area contributed by atoms with Gasteiger partial charge in [-0.15, -0.1) is 0 Å². The zero-order valence-electron chi connectivity index (χ0n) is 11.6. The summed E-state index contributed by atoms with van der Waals surface area (Å²) in [6.45, 7) is 6.94. The van der Waals surface area contributed by atoms with Crippen LogP contribution in [0.25, 0.3) is 0 Å². The molecule has 19 heavy (non-hydrogen) atoms. The van der Waals surface area contributed by atoms with Gasteiger partial charge in [-0.2, -0.15) is 5.26 Å². The SMILES string of the molecule is Cc1c(C#N)c(N)n(CC(C)c2ccccc2)c1C. The molecule has 2 N–H and O–H groups in total. The standard InChI is InChI=1S/C16H19N3/c1-11(14-7-5-4-6-8-14)10-19-13(3)12(2)15(9-17)16(19)18/h4-8,11H,10,18H2,1-3H3. The minimum Gasteiger partial charge on any atom is -0.384 e. The average Bonchev–Trinajstić information content (AvgIpc) is 2.63. The van der Waals surface area contributed by atoms with Crippen molar-refractivity contribution >= 4 is 5.82 Å². The molecule has 3 heteroatoms. The van der Waals surface area contributed by atoms with Crippen LogP contribution in [-0.4, -0.2) is 4.57 Å². The molecule has 98 valence electrons. The average molecular weight is 253 g/mol. The number of benzene rings is 1. The van der Waals surface area contributed by atoms with E-state index in [4.69, 9.17) is 11.0 Å². The van der Waals surface area contributed by atoms with Gasteiger partial charge in [-0.3, -0.25) is 0 Å². The first-order valence-corrected chi connectivity index (χ1v) is 6.46. The van der Waals surface area contributed by atoms with Gasteiger partial charge in [0.1, 0.15) is 11.9 Å². The molecule has 1 aromatic carbocycles. The Morgan fingerprint density at radius 2 is 1.89 bits per heavy atom. The van der Waals surface area contributed by atoms with Crippen molar-refractivity contribution in [1.29, 1.82) is 5.26 Å². The fraction of sp³-hybridized carbons (Fsp3) is 0.312. The zero-order chi connectivity index (χ0) is 14.0. The Hall–Kier alpha value is -2.21. The molecule has 1 aromatic heterocycles. The quantitative estimate of drug-likeness (QED) is 0.911. The van der Waals surface area contributed by atoms with Gasteiger partial charge in [-0.25, -0.2) is 0 Å². The van der Waals surface area contributed by atoms with E-state index in [-0.39, 0.29) is 0 Å². The Morgan fingerprint density at radius 1 is 1.26 bits per heavy atom. The first-order valence-electron chi connectivity index (χ1n) is 6.46. The minimum atomic E-state index is 0.362. The van der Waals surface area contributed by atoms with Gasteiger partial charge in [-0.05, 0) is 30.9 Å². The number of nitrogens with two attached hydrogens (primary N) is 1. The third-order valence-electron chi connectivity index (χ3n) is 3.81. The molecule has 0 radical (unpaired) electrons. The summed E-state index contributed by atoms with van der Waals surface area (Å²) >= 11 is 0. The van der Waals surface area contributed by atoms with Crippen LogP contribution in [-0.2, 0) is 6.54 Å². The molecule has 0 amide bonds. The summed E-state index contributed by atoms with van der Waals surface area (Å²) in [5.74, 6) is 0.945. The topological polar surface area (TPSA) is 54.7 Å². The van der Waals surface area contributed by atoms with Gasteiger partial charge in [0.15, 0.2) is 0 Å². The van der Waals surface area contributed by atoms with E-state index in [2.05, 4.69) is 25.1 Å². The molecule has 0 aliphatic rings. The van der Waals surface area contributed by atoms with Crippen LogP contribution >= 0.6 is 0 Å². The number of rotatable bonds is 3. The van der Waals surface area contributed by atoms with E-state index in [0.717, 1.165) is 17.8 Å². The molecular weight excluding hydrogens is 234 g/mol. The summed E-state index contributed by atoms with van der Waals surface area (Å²) in [6, 6.07) is 12.5. The normalized spacial score (nSPS) is 12.1. The van der Waals surface area contributed by atoms with Gasteiger partial charge in [0.05, 0.1) is 5.56 Å². The lowest BCUT2D eigenvalue weighted by molar-refractivity contribution is 0.594. The largest absolute Gasteiger partial charge is 0.384 e. The maximum Gasteiger partial charge on any atom is 0.122 e. The number of nitrogen functional groups attached to an aromatic ring is 1. The van der Waals surface area contributed by atoms with Crippen LogP contribution in [0.15, 0.2) is 30.3 Å². The van der Waals surface area contributed by atoms with Gasteiger partial charge >= 0.3 is 0 Å². The van der Waals surface area contributed by atoms with Gasteiger partial charge in [0.2, 0.25) is 0 Å². The summed E-state index contributed by atoms with van der Waals surface area (Å²) in [7, 11) is 0. The van der Waals surface area contributed by atoms with Crippen LogP contribution in [0.5, 0.6) is 0 Å². The van der Waals surface area contributed by atoms with Crippen LogP contribution in [0, 0.1) is 25.2 Å². The zero-order valence-corrected chi connectivity index (χ0v) is 11.6. The van der Waals surface area contributed by atoms with E-state index < -0.39 is 0 Å². The number of hydrogen-bond donors (Lipinski definition) is 1. The van der Waals surface area contributed by atoms with Crippen LogP contribution < -0.4 is 5.73 Å². The van der Waals surface area contributed by atoms with E-state index >= 15 is 0 Å². The Balaban J connectivity index is 2.33. The molecule has 2 aromatic rings. The van der Waals surface area contributed by atoms with Gasteiger partial charge < -0.3 is 10.3 Å². The highest BCUT2D eigenvalue weighted by atomic mass is 15.1. The molecule has 0 aliphatic carbocycles. The third kappa shape index (κ3) is 2.34. The van der Waals surface area contributed by atoms with Crippen molar-refractivity contribution in [3.8, 4) is 6.07 Å². The fourth-order valence-electron chi connectivity index (χ4n) is 2.43. The molecule has 2 rings (SSSR count). The Kier molecular flexibility index (Phi) is 3.62. The lowest BCUT2D eigenvalue weighted by atomic mass is 10.0. The lowest BCUT2D eigenvalue weighted by Crippen LogP contribution is -2.10. The van der Waals surface area contributed by atoms with Gasteiger partial charge in [0, 0.05) is 12.2 Å². The number of nitrogens with zero attached hydrogens (tertiary/aromatic N) is 2. The molecule has 0 bridgehead atoms. The Morgan fingerprint density at radius 3 is 2.42 bits per heavy atom. The first kappa shape index (κ1) is 13.2. The van der Waals surface area contributed by atoms with Crippen molar-refractivity contribution in [3.63, 3.8) is 0 Å². The molecule has 0 aliphatic heterocycles. The van der Waals surface area contributed by atoms with E-state index in [1.807, 2.05) is 36.6 Å². The third-order valence-corrected chi connectivity index (χ3v) is 3.81. The number of hydrogen-bond acceptors (Lipinski definition) is 2. The van der Waals surface area contributed by atoms with Gasteiger partial charge in [-0.1, -0.05) is 37.3 Å². The number of aromatic nitrogens is 1. The lowest BCUT2D eigenvalue weighted by Gasteiger charge is -2.16. The van der Waals surface area contributed by atoms with Gasteiger partial charge in [0.25, 0.3) is 0 Å². The van der Waals surface area contributed by atoms with Crippen molar-refractivity contribution in [2.45, 2.75) is 33.2 Å². The fourth-order valence-corrected chi connectivity index (χ4v) is 2.43. The van der Waals surface area contributed by atoms with Crippen LogP contribution in [0.1, 0.15) is 35.2 Å². The van der Waals surface area contributed by atoms with E-state index in [1.165, 1.54) is 5.56 Å². The predicted octanol–water partition coefficient (Wildman–Crippen LogP) is 3.36. The van der Waals surface area contributed by atoms with E-state index in [1.54, 1.807) is 0 Å². The molecule has 0 saturated carbocycles. The first-order chi connectivity index (χ1) is 9.06. The second-order valence-corrected chi connectivity index (χ2v) is 5.00. The summed E-state index contributed by atoms with van der Waals surface area (Å²) in [4.78, 5) is 0. The maximum atomic E-state index is 9.14. The molecule has 1 unspecified atom stereocenters. The molecule has 1 atom stereocenters. The highest BCUT2D eigenvalue weighted by molar-refractivity contribution is 5.57. The second kappa shape index (κ2) is 5.19. The molecule has 0 saturated heterocycles. The molecular formula is C16H19N3. The van der Waals surface area contributed by atoms with Crippen molar-refractivity contribution in [1.82, 2.24) is 4.57 Å². The molecule has 0 fully saturated rings. The van der Waals surface area contributed by atoms with Crippen LogP contribution in [0.3, 0.4) is 0 Å². The highest BCUT2D eigenvalue weighted by Crippen LogP contribution is 2.27.